The fourth-order valence-corrected chi connectivity index (χ4v) is 6.85. The topological polar surface area (TPSA) is 35.9 Å². The first-order valence-corrected chi connectivity index (χ1v) is 12.6. The summed E-state index contributed by atoms with van der Waals surface area (Å²) in [6.45, 7) is 0. The number of amidine groups is 1. The molecule has 0 aromatic heterocycles. The molecule has 3 aliphatic rings. The Morgan fingerprint density at radius 2 is 1.73 bits per heavy atom. The predicted molar refractivity (Wildman–Crippen MR) is 130 cm³/mol. The summed E-state index contributed by atoms with van der Waals surface area (Å²) in [6, 6.07) is 16.5. The fourth-order valence-electron chi connectivity index (χ4n) is 4.18. The van der Waals surface area contributed by atoms with E-state index in [1.54, 1.807) is 11.8 Å². The first-order valence-electron chi connectivity index (χ1n) is 10.2. The van der Waals surface area contributed by atoms with Crippen molar-refractivity contribution in [2.45, 2.75) is 43.0 Å². The van der Waals surface area contributed by atoms with Gasteiger partial charge in [-0.15, -0.1) is 0 Å². The standard InChI is InChI=1S/C23H22BrN3OS2/c1-26-18-9-5-6-10-19(18)29-22(26)20-21(28)27(17-7-3-2-4-8-17)23(30-20)25-16-13-11-15(24)12-14-16/h5-6,9-14,17H,2-4,7-8H2,1H3/b22-20-,25-23?. The first-order chi connectivity index (χ1) is 14.6. The first kappa shape index (κ1) is 20.2. The van der Waals surface area contributed by atoms with Crippen molar-refractivity contribution in [3.63, 3.8) is 0 Å². The molecule has 2 heterocycles. The van der Waals surface area contributed by atoms with Crippen LogP contribution in [0.2, 0.25) is 0 Å². The van der Waals surface area contributed by atoms with Gasteiger partial charge in [0.05, 0.1) is 16.4 Å². The summed E-state index contributed by atoms with van der Waals surface area (Å²) in [5, 5.41) is 1.81. The van der Waals surface area contributed by atoms with Crippen LogP contribution in [0.3, 0.4) is 0 Å². The Balaban J connectivity index is 1.55. The van der Waals surface area contributed by atoms with E-state index < -0.39 is 0 Å². The molecule has 1 saturated carbocycles. The van der Waals surface area contributed by atoms with Crippen LogP contribution in [0.15, 0.2) is 72.8 Å². The van der Waals surface area contributed by atoms with E-state index in [0.717, 1.165) is 43.8 Å². The second-order valence-electron chi connectivity index (χ2n) is 7.70. The third kappa shape index (κ3) is 3.72. The molecule has 0 unspecified atom stereocenters. The number of amides is 1. The van der Waals surface area contributed by atoms with E-state index in [0.29, 0.717) is 0 Å². The molecular formula is C23H22BrN3OS2. The van der Waals surface area contributed by atoms with Crippen LogP contribution in [0.4, 0.5) is 11.4 Å². The highest BCUT2D eigenvalue weighted by Crippen LogP contribution is 2.50. The normalized spacial score (nSPS) is 23.5. The molecule has 2 aromatic carbocycles. The molecule has 1 amide bonds. The average molecular weight is 500 g/mol. The van der Waals surface area contributed by atoms with Crippen LogP contribution < -0.4 is 4.90 Å². The SMILES string of the molecule is CN1/C(=C2/SC(=Nc3ccc(Br)cc3)N(C3CCCCC3)C2=O)Sc2ccccc21. The zero-order valence-electron chi connectivity index (χ0n) is 16.7. The minimum absolute atomic E-state index is 0.102. The molecule has 0 radical (unpaired) electrons. The number of carbonyl (C=O) groups is 1. The number of thioether (sulfide) groups is 2. The summed E-state index contributed by atoms with van der Waals surface area (Å²) < 4.78 is 1.02. The van der Waals surface area contributed by atoms with E-state index in [-0.39, 0.29) is 11.9 Å². The number of hydrogen-bond acceptors (Lipinski definition) is 5. The number of para-hydroxylation sites is 1. The van der Waals surface area contributed by atoms with Crippen molar-refractivity contribution in [3.8, 4) is 0 Å². The smallest absolute Gasteiger partial charge is 0.269 e. The number of carbonyl (C=O) groups excluding carboxylic acids is 1. The van der Waals surface area contributed by atoms with Gasteiger partial charge < -0.3 is 4.90 Å². The quantitative estimate of drug-likeness (QED) is 0.427. The Morgan fingerprint density at radius 3 is 2.47 bits per heavy atom. The fraction of sp³-hybridized carbons (Fsp3) is 0.304. The second kappa shape index (κ2) is 8.44. The lowest BCUT2D eigenvalue weighted by Gasteiger charge is -2.30. The van der Waals surface area contributed by atoms with Gasteiger partial charge in [-0.1, -0.05) is 59.1 Å². The minimum Gasteiger partial charge on any atom is -0.337 e. The van der Waals surface area contributed by atoms with Gasteiger partial charge >= 0.3 is 0 Å². The summed E-state index contributed by atoms with van der Waals surface area (Å²) in [4.78, 5) is 24.7. The lowest BCUT2D eigenvalue weighted by atomic mass is 9.94. The van der Waals surface area contributed by atoms with Gasteiger partial charge in [-0.2, -0.15) is 0 Å². The van der Waals surface area contributed by atoms with E-state index in [9.17, 15) is 4.79 Å². The average Bonchev–Trinajstić information content (AvgIpc) is 3.27. The van der Waals surface area contributed by atoms with Crippen molar-refractivity contribution in [2.75, 3.05) is 11.9 Å². The van der Waals surface area contributed by atoms with Crippen LogP contribution in [-0.2, 0) is 4.79 Å². The van der Waals surface area contributed by atoms with Gasteiger partial charge in [-0.3, -0.25) is 9.69 Å². The van der Waals surface area contributed by atoms with Crippen LogP contribution in [0, 0.1) is 0 Å². The summed E-state index contributed by atoms with van der Waals surface area (Å²) in [5.41, 5.74) is 2.03. The lowest BCUT2D eigenvalue weighted by molar-refractivity contribution is -0.124. The van der Waals surface area contributed by atoms with Crippen LogP contribution in [0.25, 0.3) is 0 Å². The number of anilines is 1. The Labute approximate surface area is 193 Å². The van der Waals surface area contributed by atoms with E-state index >= 15 is 0 Å². The van der Waals surface area contributed by atoms with Gasteiger partial charge in [0, 0.05) is 22.5 Å². The van der Waals surface area contributed by atoms with Gasteiger partial charge in [-0.25, -0.2) is 4.99 Å². The Kier molecular flexibility index (Phi) is 5.69. The Morgan fingerprint density at radius 1 is 1.00 bits per heavy atom. The Bertz CT molecular complexity index is 1040. The lowest BCUT2D eigenvalue weighted by Crippen LogP contribution is -2.40. The van der Waals surface area contributed by atoms with Crippen molar-refractivity contribution in [1.82, 2.24) is 4.90 Å². The molecule has 4 nitrogen and oxygen atoms in total. The van der Waals surface area contributed by atoms with E-state index in [1.807, 2.05) is 48.3 Å². The van der Waals surface area contributed by atoms with Crippen molar-refractivity contribution in [3.05, 3.63) is 62.9 Å². The van der Waals surface area contributed by atoms with Crippen LogP contribution in [-0.4, -0.2) is 29.1 Å². The van der Waals surface area contributed by atoms with Crippen molar-refractivity contribution >= 4 is 61.9 Å². The molecule has 0 N–H and O–H groups in total. The molecule has 2 aromatic rings. The zero-order valence-corrected chi connectivity index (χ0v) is 19.9. The van der Waals surface area contributed by atoms with Gasteiger partial charge in [0.25, 0.3) is 5.91 Å². The van der Waals surface area contributed by atoms with E-state index in [2.05, 4.69) is 33.0 Å². The molecule has 0 bridgehead atoms. The molecule has 1 aliphatic carbocycles. The maximum Gasteiger partial charge on any atom is 0.269 e. The second-order valence-corrected chi connectivity index (χ2v) is 10.6. The largest absolute Gasteiger partial charge is 0.337 e. The van der Waals surface area contributed by atoms with E-state index in [1.165, 1.54) is 35.9 Å². The van der Waals surface area contributed by atoms with Crippen LogP contribution in [0.1, 0.15) is 32.1 Å². The van der Waals surface area contributed by atoms with Crippen molar-refractivity contribution < 1.29 is 4.79 Å². The summed E-state index contributed by atoms with van der Waals surface area (Å²) in [5.74, 6) is 0.102. The monoisotopic (exact) mass is 499 g/mol. The van der Waals surface area contributed by atoms with Gasteiger partial charge in [0.1, 0.15) is 4.91 Å². The molecule has 0 spiro atoms. The third-order valence-electron chi connectivity index (χ3n) is 5.74. The zero-order chi connectivity index (χ0) is 20.7. The Hall–Kier alpha value is -1.70. The minimum atomic E-state index is 0.102. The molecule has 1 saturated heterocycles. The molecule has 0 atom stereocenters. The van der Waals surface area contributed by atoms with Gasteiger partial charge in [0.2, 0.25) is 0 Å². The number of halogens is 1. The number of rotatable bonds is 2. The molecule has 2 fully saturated rings. The number of hydrogen-bond donors (Lipinski definition) is 0. The summed E-state index contributed by atoms with van der Waals surface area (Å²) in [7, 11) is 2.05. The maximum atomic E-state index is 13.7. The number of fused-ring (bicyclic) bond motifs is 1. The maximum absolute atomic E-state index is 13.7. The molecule has 30 heavy (non-hydrogen) atoms. The van der Waals surface area contributed by atoms with Gasteiger partial charge in [0.15, 0.2) is 5.17 Å². The van der Waals surface area contributed by atoms with Crippen molar-refractivity contribution in [2.24, 2.45) is 4.99 Å². The number of nitrogens with zero attached hydrogens (tertiary/aromatic N) is 3. The van der Waals surface area contributed by atoms with E-state index in [4.69, 9.17) is 4.99 Å². The predicted octanol–water partition coefficient (Wildman–Crippen LogP) is 6.76. The molecular weight excluding hydrogens is 478 g/mol. The van der Waals surface area contributed by atoms with Crippen LogP contribution in [0.5, 0.6) is 0 Å². The summed E-state index contributed by atoms with van der Waals surface area (Å²) >= 11 is 6.69. The van der Waals surface area contributed by atoms with Crippen LogP contribution >= 0.6 is 39.5 Å². The molecule has 2 aliphatic heterocycles. The molecule has 154 valence electrons. The number of benzene rings is 2. The van der Waals surface area contributed by atoms with Crippen molar-refractivity contribution in [1.29, 1.82) is 0 Å². The third-order valence-corrected chi connectivity index (χ3v) is 8.67. The highest BCUT2D eigenvalue weighted by Gasteiger charge is 2.42. The number of aliphatic imine (C=N–C) groups is 1. The molecule has 5 rings (SSSR count). The highest BCUT2D eigenvalue weighted by atomic mass is 79.9. The highest BCUT2D eigenvalue weighted by molar-refractivity contribution is 9.10. The molecule has 7 heteroatoms. The summed E-state index contributed by atoms with van der Waals surface area (Å²) in [6.07, 6.45) is 5.72. The van der Waals surface area contributed by atoms with Gasteiger partial charge in [-0.05, 0) is 61.0 Å².